The van der Waals surface area contributed by atoms with Gasteiger partial charge in [-0.1, -0.05) is 66.7 Å². The van der Waals surface area contributed by atoms with E-state index in [0.717, 1.165) is 64.2 Å². The fourth-order valence-corrected chi connectivity index (χ4v) is 4.90. The van der Waals surface area contributed by atoms with Crippen LogP contribution in [0.2, 0.25) is 0 Å². The molecule has 1 rings (SSSR count). The van der Waals surface area contributed by atoms with Gasteiger partial charge < -0.3 is 38.3 Å². The third-order valence-electron chi connectivity index (χ3n) is 7.02. The maximum absolute atomic E-state index is 11.8. The van der Waals surface area contributed by atoms with Crippen molar-refractivity contribution in [2.24, 2.45) is 0 Å². The summed E-state index contributed by atoms with van der Waals surface area (Å²) in [6.07, 6.45) is 4.28. The Morgan fingerprint density at radius 1 is 0.714 bits per heavy atom. The first-order chi connectivity index (χ1) is 20.5. The summed E-state index contributed by atoms with van der Waals surface area (Å²) in [5.41, 5.74) is 0. The standard InChI is InChI=1S/C30H59O11P/c1-6-11-16-34-22-26-28(41-42(32)33)29(38-20-15-10-5)30(40-26)39-23-25(36-18-13-8-3)27(37-19-14-9-4)24(21-31)35-17-12-7-2/h24-31H,6-23H2,1-5H3/p+1/t24?,25?,26-,27?,28?,29+,30-/m1/s1. The maximum Gasteiger partial charge on any atom is 0.695 e. The summed E-state index contributed by atoms with van der Waals surface area (Å²) in [6.45, 7) is 12.9. The third-order valence-corrected chi connectivity index (χ3v) is 7.44. The van der Waals surface area contributed by atoms with Gasteiger partial charge in [-0.05, 0) is 32.1 Å². The van der Waals surface area contributed by atoms with Crippen LogP contribution in [0.4, 0.5) is 0 Å². The average molecular weight is 628 g/mol. The predicted octanol–water partition coefficient (Wildman–Crippen LogP) is 5.31. The van der Waals surface area contributed by atoms with Crippen LogP contribution >= 0.6 is 8.25 Å². The summed E-state index contributed by atoms with van der Waals surface area (Å²) in [4.78, 5) is 9.63. The molecule has 250 valence electrons. The molecule has 2 N–H and O–H groups in total. The molecule has 0 spiro atoms. The van der Waals surface area contributed by atoms with Crippen LogP contribution < -0.4 is 0 Å². The van der Waals surface area contributed by atoms with Gasteiger partial charge in [0, 0.05) is 37.6 Å². The van der Waals surface area contributed by atoms with Crippen LogP contribution in [0.15, 0.2) is 0 Å². The average Bonchev–Trinajstić information content (AvgIpc) is 3.29. The van der Waals surface area contributed by atoms with Gasteiger partial charge in [0.1, 0.15) is 30.5 Å². The van der Waals surface area contributed by atoms with Crippen LogP contribution in [0.5, 0.6) is 0 Å². The van der Waals surface area contributed by atoms with Crippen molar-refractivity contribution < 1.29 is 52.2 Å². The first kappa shape index (κ1) is 39.7. The van der Waals surface area contributed by atoms with Gasteiger partial charge in [0.05, 0.1) is 19.8 Å². The van der Waals surface area contributed by atoms with Crippen LogP contribution in [-0.4, -0.2) is 106 Å². The molecule has 0 amide bonds. The van der Waals surface area contributed by atoms with Crippen molar-refractivity contribution in [3.63, 3.8) is 0 Å². The van der Waals surface area contributed by atoms with Crippen LogP contribution in [0, 0.1) is 0 Å². The quantitative estimate of drug-likeness (QED) is 0.0826. The van der Waals surface area contributed by atoms with Crippen molar-refractivity contribution in [2.45, 2.75) is 142 Å². The Morgan fingerprint density at radius 2 is 1.26 bits per heavy atom. The minimum absolute atomic E-state index is 0.0772. The van der Waals surface area contributed by atoms with Gasteiger partial charge in [-0.25, -0.2) is 0 Å². The molecule has 1 aliphatic heterocycles. The molecule has 1 fully saturated rings. The van der Waals surface area contributed by atoms with Crippen molar-refractivity contribution >= 4 is 8.25 Å². The second kappa shape index (κ2) is 26.0. The highest BCUT2D eigenvalue weighted by Gasteiger charge is 2.52. The van der Waals surface area contributed by atoms with Crippen LogP contribution in [0.3, 0.4) is 0 Å². The minimum atomic E-state index is -2.90. The minimum Gasteiger partial charge on any atom is -0.394 e. The number of aliphatic hydroxyl groups excluding tert-OH is 1. The second-order valence-electron chi connectivity index (χ2n) is 10.7. The first-order valence-electron chi connectivity index (χ1n) is 16.2. The number of hydrogen-bond acceptors (Lipinski definition) is 10. The number of unbranched alkanes of at least 4 members (excludes halogenated alkanes) is 5. The topological polar surface area (TPSA) is 131 Å². The second-order valence-corrected chi connectivity index (χ2v) is 11.4. The number of aliphatic hydroxyl groups is 1. The smallest absolute Gasteiger partial charge is 0.394 e. The molecule has 0 aromatic rings. The molecule has 12 heteroatoms. The summed E-state index contributed by atoms with van der Waals surface area (Å²) < 4.78 is 60.2. The SMILES string of the molecule is CCCCOC[C@H]1O[C@@H](OCC(OCCCC)C(OCCCC)C(CO)OCCCC)[C@@H](OCCCC)C1O[P+](=O)O. The summed E-state index contributed by atoms with van der Waals surface area (Å²) >= 11 is 0. The van der Waals surface area contributed by atoms with Gasteiger partial charge in [0.2, 0.25) is 0 Å². The molecule has 5 unspecified atom stereocenters. The van der Waals surface area contributed by atoms with E-state index in [2.05, 4.69) is 34.6 Å². The Hall–Kier alpha value is -0.300. The summed E-state index contributed by atoms with van der Waals surface area (Å²) in [5, 5.41) is 10.3. The van der Waals surface area contributed by atoms with Gasteiger partial charge in [-0.15, -0.1) is 9.42 Å². The molecule has 0 aromatic heterocycles. The lowest BCUT2D eigenvalue weighted by Gasteiger charge is -2.33. The van der Waals surface area contributed by atoms with Gasteiger partial charge in [0.25, 0.3) is 0 Å². The van der Waals surface area contributed by atoms with Crippen LogP contribution in [0.25, 0.3) is 0 Å². The molecule has 0 bridgehead atoms. The molecule has 1 saturated heterocycles. The van der Waals surface area contributed by atoms with E-state index in [9.17, 15) is 14.6 Å². The van der Waals surface area contributed by atoms with Crippen molar-refractivity contribution in [1.82, 2.24) is 0 Å². The lowest BCUT2D eigenvalue weighted by molar-refractivity contribution is -0.217. The van der Waals surface area contributed by atoms with Crippen molar-refractivity contribution in [2.75, 3.05) is 52.9 Å². The molecular formula is C30H60O11P+. The van der Waals surface area contributed by atoms with E-state index in [-0.39, 0.29) is 19.8 Å². The normalized spacial score (nSPS) is 23.3. The lowest BCUT2D eigenvalue weighted by Crippen LogP contribution is -2.48. The highest BCUT2D eigenvalue weighted by atomic mass is 31.1. The molecule has 0 aliphatic carbocycles. The van der Waals surface area contributed by atoms with Gasteiger partial charge in [-0.2, -0.15) is 0 Å². The van der Waals surface area contributed by atoms with Crippen molar-refractivity contribution in [3.8, 4) is 0 Å². The summed E-state index contributed by atoms with van der Waals surface area (Å²) in [5.74, 6) is 0. The molecule has 1 heterocycles. The Bertz CT molecular complexity index is 644. The van der Waals surface area contributed by atoms with E-state index in [1.807, 2.05) is 0 Å². The van der Waals surface area contributed by atoms with E-state index < -0.39 is 51.2 Å². The van der Waals surface area contributed by atoms with Gasteiger partial charge in [0.15, 0.2) is 12.4 Å². The Morgan fingerprint density at radius 3 is 1.83 bits per heavy atom. The first-order valence-corrected chi connectivity index (χ1v) is 17.3. The van der Waals surface area contributed by atoms with E-state index in [0.29, 0.717) is 33.0 Å². The van der Waals surface area contributed by atoms with Gasteiger partial charge in [-0.3, -0.25) is 0 Å². The zero-order valence-corrected chi connectivity index (χ0v) is 27.7. The van der Waals surface area contributed by atoms with E-state index >= 15 is 0 Å². The van der Waals surface area contributed by atoms with Crippen molar-refractivity contribution in [3.05, 3.63) is 0 Å². The van der Waals surface area contributed by atoms with E-state index in [1.54, 1.807) is 0 Å². The van der Waals surface area contributed by atoms with Gasteiger partial charge >= 0.3 is 8.25 Å². The molecule has 1 aliphatic rings. The fraction of sp³-hybridized carbons (Fsp3) is 1.00. The summed E-state index contributed by atoms with van der Waals surface area (Å²) in [7, 11) is -2.90. The molecule has 0 radical (unpaired) electrons. The third kappa shape index (κ3) is 16.1. The number of rotatable bonds is 29. The summed E-state index contributed by atoms with van der Waals surface area (Å²) in [6, 6.07) is 0. The maximum atomic E-state index is 11.8. The van der Waals surface area contributed by atoms with E-state index in [1.165, 1.54) is 0 Å². The number of ether oxygens (including phenoxy) is 7. The van der Waals surface area contributed by atoms with Crippen LogP contribution in [-0.2, 0) is 42.2 Å². The zero-order valence-electron chi connectivity index (χ0n) is 26.8. The van der Waals surface area contributed by atoms with E-state index in [4.69, 9.17) is 37.7 Å². The molecule has 42 heavy (non-hydrogen) atoms. The Balaban J connectivity index is 3.16. The monoisotopic (exact) mass is 627 g/mol. The van der Waals surface area contributed by atoms with Crippen LogP contribution in [0.1, 0.15) is 98.8 Å². The highest BCUT2D eigenvalue weighted by molar-refractivity contribution is 7.32. The Labute approximate surface area is 255 Å². The fourth-order valence-electron chi connectivity index (χ4n) is 4.43. The zero-order chi connectivity index (χ0) is 31.0. The van der Waals surface area contributed by atoms with Crippen molar-refractivity contribution in [1.29, 1.82) is 0 Å². The highest BCUT2D eigenvalue weighted by Crippen LogP contribution is 2.34. The predicted molar refractivity (Wildman–Crippen MR) is 161 cm³/mol. The Kier molecular flexibility index (Phi) is 24.6. The molecular weight excluding hydrogens is 567 g/mol. The molecule has 0 saturated carbocycles. The largest absolute Gasteiger partial charge is 0.695 e. The molecule has 8 atom stereocenters. The molecule has 11 nitrogen and oxygen atoms in total. The molecule has 0 aromatic carbocycles. The number of hydrogen-bond donors (Lipinski definition) is 2. The lowest BCUT2D eigenvalue weighted by atomic mass is 10.1.